The van der Waals surface area contributed by atoms with Crippen LogP contribution < -0.4 is 20.1 Å². The summed E-state index contributed by atoms with van der Waals surface area (Å²) in [6.07, 6.45) is 0. The Morgan fingerprint density at radius 1 is 0.833 bits per heavy atom. The van der Waals surface area contributed by atoms with E-state index in [1.165, 1.54) is 11.1 Å². The van der Waals surface area contributed by atoms with Crippen LogP contribution in [0.5, 0.6) is 11.5 Å². The molecule has 0 spiro atoms. The van der Waals surface area contributed by atoms with Crippen LogP contribution in [0.4, 0.5) is 5.69 Å². The van der Waals surface area contributed by atoms with Gasteiger partial charge in [0.15, 0.2) is 0 Å². The van der Waals surface area contributed by atoms with E-state index in [-0.39, 0.29) is 0 Å². The summed E-state index contributed by atoms with van der Waals surface area (Å²) in [5, 5.41) is 2.06. The third kappa shape index (κ3) is 2.37. The fourth-order valence-corrected chi connectivity index (χ4v) is 3.12. The fourth-order valence-electron chi connectivity index (χ4n) is 3.12. The molecule has 0 N–H and O–H groups in total. The molecular weight excluding hydrogens is 294 g/mol. The molecule has 0 bridgehead atoms. The summed E-state index contributed by atoms with van der Waals surface area (Å²) in [6.45, 7) is 4.03. The second-order valence-electron chi connectivity index (χ2n) is 6.25. The highest BCUT2D eigenvalue weighted by molar-refractivity contribution is 5.86. The third-order valence-corrected chi connectivity index (χ3v) is 4.35. The number of hydrogen-bond donors (Lipinski definition) is 0. The Bertz CT molecular complexity index is 1020. The second kappa shape index (κ2) is 5.57. The molecule has 1 heterocycles. The van der Waals surface area contributed by atoms with Crippen molar-refractivity contribution in [1.29, 1.82) is 0 Å². The van der Waals surface area contributed by atoms with Crippen LogP contribution in [0.2, 0.25) is 0 Å². The van der Waals surface area contributed by atoms with E-state index in [1.54, 1.807) is 0 Å². The molecule has 0 fully saturated rings. The van der Waals surface area contributed by atoms with Crippen molar-refractivity contribution in [3.05, 3.63) is 88.3 Å². The van der Waals surface area contributed by atoms with Crippen LogP contribution in [0.3, 0.4) is 0 Å². The van der Waals surface area contributed by atoms with E-state index in [1.807, 2.05) is 32.3 Å². The van der Waals surface area contributed by atoms with E-state index in [0.717, 1.165) is 33.2 Å². The maximum atomic E-state index is 6.21. The lowest BCUT2D eigenvalue weighted by Crippen LogP contribution is -2.20. The molecule has 1 aliphatic heterocycles. The smallest absolute Gasteiger partial charge is 0.137 e. The molecule has 0 aliphatic carbocycles. The van der Waals surface area contributed by atoms with Gasteiger partial charge in [-0.3, -0.25) is 0 Å². The van der Waals surface area contributed by atoms with Crippen molar-refractivity contribution in [3.63, 3.8) is 0 Å². The molecule has 118 valence electrons. The first-order chi connectivity index (χ1) is 11.6. The highest BCUT2D eigenvalue weighted by atomic mass is 16.5. The Morgan fingerprint density at radius 2 is 1.62 bits per heavy atom. The summed E-state index contributed by atoms with van der Waals surface area (Å²) in [6, 6.07) is 23.0. The van der Waals surface area contributed by atoms with E-state index < -0.39 is 0 Å². The molecule has 1 aliphatic rings. The van der Waals surface area contributed by atoms with Gasteiger partial charge in [0.1, 0.15) is 11.5 Å². The summed E-state index contributed by atoms with van der Waals surface area (Å²) < 4.78 is 6.21. The SMILES string of the molecule is C=c1ccc2c(c1)Oc1cc(N(C)C)ccc1C=2c1ccccc1. The van der Waals surface area contributed by atoms with Crippen molar-refractivity contribution in [3.8, 4) is 11.5 Å². The van der Waals surface area contributed by atoms with Crippen molar-refractivity contribution in [2.75, 3.05) is 19.0 Å². The van der Waals surface area contributed by atoms with Crippen molar-refractivity contribution in [2.45, 2.75) is 0 Å². The summed E-state index contributed by atoms with van der Waals surface area (Å²) >= 11 is 0. The van der Waals surface area contributed by atoms with Gasteiger partial charge in [0.2, 0.25) is 0 Å². The number of fused-ring (bicyclic) bond motifs is 2. The molecule has 0 unspecified atom stereocenters. The average Bonchev–Trinajstić information content (AvgIpc) is 2.59. The van der Waals surface area contributed by atoms with Gasteiger partial charge in [0.05, 0.1) is 0 Å². The molecule has 0 radical (unpaired) electrons. The van der Waals surface area contributed by atoms with E-state index >= 15 is 0 Å². The molecule has 2 heteroatoms. The highest BCUT2D eigenvalue weighted by Crippen LogP contribution is 2.37. The number of anilines is 1. The number of nitrogens with zero attached hydrogens (tertiary/aromatic N) is 1. The minimum Gasteiger partial charge on any atom is -0.456 e. The topological polar surface area (TPSA) is 12.5 Å². The molecule has 3 aromatic rings. The molecule has 2 nitrogen and oxygen atoms in total. The molecule has 0 saturated heterocycles. The van der Waals surface area contributed by atoms with E-state index in [4.69, 9.17) is 4.74 Å². The molecule has 24 heavy (non-hydrogen) atoms. The molecule has 0 atom stereocenters. The quantitative estimate of drug-likeness (QED) is 0.561. The normalized spacial score (nSPS) is 12.2. The van der Waals surface area contributed by atoms with Crippen molar-refractivity contribution >= 4 is 17.8 Å². The number of ether oxygens (including phenoxy) is 1. The zero-order valence-corrected chi connectivity index (χ0v) is 13.9. The monoisotopic (exact) mass is 313 g/mol. The van der Waals surface area contributed by atoms with Gasteiger partial charge in [-0.05, 0) is 29.0 Å². The third-order valence-electron chi connectivity index (χ3n) is 4.35. The number of hydrogen-bond acceptors (Lipinski definition) is 2. The zero-order valence-electron chi connectivity index (χ0n) is 13.9. The lowest BCUT2D eigenvalue weighted by Gasteiger charge is -2.23. The average molecular weight is 313 g/mol. The molecule has 4 rings (SSSR count). The Morgan fingerprint density at radius 3 is 2.38 bits per heavy atom. The number of rotatable bonds is 2. The van der Waals surface area contributed by atoms with Gasteiger partial charge < -0.3 is 9.64 Å². The zero-order chi connectivity index (χ0) is 16.7. The summed E-state index contributed by atoms with van der Waals surface area (Å²) in [7, 11) is 4.07. The first-order valence-electron chi connectivity index (χ1n) is 8.02. The molecular formula is C22H19NO. The van der Waals surface area contributed by atoms with Gasteiger partial charge in [-0.2, -0.15) is 0 Å². The van der Waals surface area contributed by atoms with Crippen LogP contribution >= 0.6 is 0 Å². The molecule has 0 aromatic heterocycles. The van der Waals surface area contributed by atoms with Crippen LogP contribution in [0.15, 0.2) is 66.7 Å². The van der Waals surface area contributed by atoms with Gasteiger partial charge in [-0.25, -0.2) is 0 Å². The van der Waals surface area contributed by atoms with Gasteiger partial charge in [-0.15, -0.1) is 0 Å². The predicted octanol–water partition coefficient (Wildman–Crippen LogP) is 3.52. The Hall–Kier alpha value is -3.00. The maximum Gasteiger partial charge on any atom is 0.137 e. The lowest BCUT2D eigenvalue weighted by atomic mass is 9.92. The Kier molecular flexibility index (Phi) is 3.39. The van der Waals surface area contributed by atoms with Crippen molar-refractivity contribution < 1.29 is 4.74 Å². The second-order valence-corrected chi connectivity index (χ2v) is 6.25. The summed E-state index contributed by atoms with van der Waals surface area (Å²) in [5.74, 6) is 1.75. The maximum absolute atomic E-state index is 6.21. The molecule has 0 amide bonds. The van der Waals surface area contributed by atoms with Crippen molar-refractivity contribution in [1.82, 2.24) is 0 Å². The van der Waals surface area contributed by atoms with E-state index in [0.29, 0.717) is 0 Å². The van der Waals surface area contributed by atoms with Crippen LogP contribution in [0.25, 0.3) is 12.2 Å². The Balaban J connectivity index is 2.06. The lowest BCUT2D eigenvalue weighted by molar-refractivity contribution is 0.472. The summed E-state index contributed by atoms with van der Waals surface area (Å²) in [4.78, 5) is 2.08. The number of benzene rings is 3. The van der Waals surface area contributed by atoms with E-state index in [2.05, 4.69) is 60.0 Å². The molecule has 0 saturated carbocycles. The van der Waals surface area contributed by atoms with Gasteiger partial charge in [-0.1, -0.05) is 49.0 Å². The van der Waals surface area contributed by atoms with Crippen molar-refractivity contribution in [2.24, 2.45) is 0 Å². The Labute approximate surface area is 141 Å². The minimum absolute atomic E-state index is 0.866. The van der Waals surface area contributed by atoms with Crippen LogP contribution in [0.1, 0.15) is 11.1 Å². The summed E-state index contributed by atoms with van der Waals surface area (Å²) in [5.41, 5.74) is 4.64. The van der Waals surface area contributed by atoms with E-state index in [9.17, 15) is 0 Å². The van der Waals surface area contributed by atoms with Gasteiger partial charge in [0.25, 0.3) is 0 Å². The van der Waals surface area contributed by atoms with Crippen LogP contribution in [0, 0.1) is 0 Å². The van der Waals surface area contributed by atoms with Crippen LogP contribution in [-0.4, -0.2) is 14.1 Å². The molecule has 3 aromatic carbocycles. The first-order valence-corrected chi connectivity index (χ1v) is 8.02. The minimum atomic E-state index is 0.866. The van der Waals surface area contributed by atoms with Crippen LogP contribution in [-0.2, 0) is 0 Å². The predicted molar refractivity (Wildman–Crippen MR) is 100 cm³/mol. The standard InChI is InChI=1S/C22H19NO/c1-15-9-11-18-20(13-15)24-21-14-17(23(2)3)10-12-19(21)22(18)16-7-5-4-6-8-16/h4-14H,1H2,2-3H3. The van der Waals surface area contributed by atoms with Gasteiger partial charge >= 0.3 is 0 Å². The highest BCUT2D eigenvalue weighted by Gasteiger charge is 2.20. The van der Waals surface area contributed by atoms with Gasteiger partial charge in [0, 0.05) is 42.2 Å². The fraction of sp³-hybridized carbons (Fsp3) is 0.0909. The largest absolute Gasteiger partial charge is 0.456 e. The first kappa shape index (κ1) is 14.6.